The molecule has 15 heavy (non-hydrogen) atoms. The molecule has 84 valence electrons. The van der Waals surface area contributed by atoms with Crippen LogP contribution in [0.2, 0.25) is 0 Å². The molecular formula is C10H16N2OS2. The predicted molar refractivity (Wildman–Crippen MR) is 67.4 cm³/mol. The third-order valence-electron chi connectivity index (χ3n) is 2.06. The van der Waals surface area contributed by atoms with Crippen molar-refractivity contribution in [2.45, 2.75) is 32.8 Å². The Bertz CT molecular complexity index is 325. The van der Waals surface area contributed by atoms with Crippen LogP contribution in [0.4, 0.5) is 0 Å². The summed E-state index contributed by atoms with van der Waals surface area (Å²) in [6.07, 6.45) is 1.67. The molecule has 0 aliphatic carbocycles. The molecule has 1 rings (SSSR count). The van der Waals surface area contributed by atoms with Gasteiger partial charge in [0, 0.05) is 17.7 Å². The van der Waals surface area contributed by atoms with Gasteiger partial charge < -0.3 is 10.5 Å². The topological polar surface area (TPSA) is 48.1 Å². The third-order valence-corrected chi connectivity index (χ3v) is 3.23. The van der Waals surface area contributed by atoms with E-state index in [2.05, 4.69) is 4.98 Å². The van der Waals surface area contributed by atoms with Crippen LogP contribution in [0, 0.1) is 6.92 Å². The lowest BCUT2D eigenvalue weighted by atomic mass is 10.3. The molecule has 2 N–H and O–H groups in total. The summed E-state index contributed by atoms with van der Waals surface area (Å²) in [4.78, 5) is 5.98. The fourth-order valence-electron chi connectivity index (χ4n) is 1.26. The van der Waals surface area contributed by atoms with E-state index in [9.17, 15) is 0 Å². The quantitative estimate of drug-likeness (QED) is 0.778. The maximum absolute atomic E-state index is 5.59. The van der Waals surface area contributed by atoms with Gasteiger partial charge in [0.15, 0.2) is 0 Å². The van der Waals surface area contributed by atoms with Gasteiger partial charge in [0.1, 0.15) is 0 Å². The van der Waals surface area contributed by atoms with Crippen molar-refractivity contribution in [2.75, 3.05) is 6.61 Å². The SMILES string of the molecule is Cc1ncsc1CCOC(C)CC(N)=S. The summed E-state index contributed by atoms with van der Waals surface area (Å²) in [7, 11) is 0. The summed E-state index contributed by atoms with van der Waals surface area (Å²) < 4.78 is 5.59. The van der Waals surface area contributed by atoms with Crippen molar-refractivity contribution in [1.29, 1.82) is 0 Å². The van der Waals surface area contributed by atoms with E-state index in [4.69, 9.17) is 22.7 Å². The van der Waals surface area contributed by atoms with Gasteiger partial charge in [-0.15, -0.1) is 11.3 Å². The summed E-state index contributed by atoms with van der Waals surface area (Å²) >= 11 is 6.49. The number of hydrogen-bond acceptors (Lipinski definition) is 4. The lowest BCUT2D eigenvalue weighted by Gasteiger charge is -2.11. The Morgan fingerprint density at radius 2 is 2.47 bits per heavy atom. The lowest BCUT2D eigenvalue weighted by Crippen LogP contribution is -2.19. The van der Waals surface area contributed by atoms with Gasteiger partial charge in [0.05, 0.1) is 28.9 Å². The normalized spacial score (nSPS) is 12.7. The Kier molecular flexibility index (Phi) is 5.14. The summed E-state index contributed by atoms with van der Waals surface area (Å²) in [5, 5.41) is 0. The molecule has 0 amide bonds. The highest BCUT2D eigenvalue weighted by atomic mass is 32.1. The first-order chi connectivity index (χ1) is 7.09. The monoisotopic (exact) mass is 244 g/mol. The summed E-state index contributed by atoms with van der Waals surface area (Å²) in [6, 6.07) is 0. The van der Waals surface area contributed by atoms with E-state index >= 15 is 0 Å². The third kappa shape index (κ3) is 4.68. The fraction of sp³-hybridized carbons (Fsp3) is 0.600. The number of aromatic nitrogens is 1. The van der Waals surface area contributed by atoms with Crippen molar-refractivity contribution in [1.82, 2.24) is 4.98 Å². The van der Waals surface area contributed by atoms with Crippen molar-refractivity contribution < 1.29 is 4.74 Å². The molecule has 0 saturated carbocycles. The van der Waals surface area contributed by atoms with Gasteiger partial charge in [0.25, 0.3) is 0 Å². The Morgan fingerprint density at radius 3 is 3.00 bits per heavy atom. The van der Waals surface area contributed by atoms with Crippen LogP contribution in [0.15, 0.2) is 5.51 Å². The number of hydrogen-bond donors (Lipinski definition) is 1. The minimum Gasteiger partial charge on any atom is -0.393 e. The standard InChI is InChI=1S/C10H16N2OS2/c1-7(5-10(11)14)13-4-3-9-8(2)12-6-15-9/h6-7H,3-5H2,1-2H3,(H2,11,14). The van der Waals surface area contributed by atoms with Crippen LogP contribution in [-0.2, 0) is 11.2 Å². The van der Waals surface area contributed by atoms with Crippen LogP contribution in [0.5, 0.6) is 0 Å². The Balaban J connectivity index is 2.22. The molecular weight excluding hydrogens is 228 g/mol. The van der Waals surface area contributed by atoms with Crippen molar-refractivity contribution in [3.63, 3.8) is 0 Å². The molecule has 5 heteroatoms. The van der Waals surface area contributed by atoms with Crippen LogP contribution < -0.4 is 5.73 Å². The molecule has 1 atom stereocenters. The molecule has 0 saturated heterocycles. The van der Waals surface area contributed by atoms with E-state index in [1.165, 1.54) is 4.88 Å². The minimum atomic E-state index is 0.107. The summed E-state index contributed by atoms with van der Waals surface area (Å²) in [5.74, 6) is 0. The number of thiocarbonyl (C=S) groups is 1. The second-order valence-electron chi connectivity index (χ2n) is 3.46. The van der Waals surface area contributed by atoms with Crippen LogP contribution in [0.3, 0.4) is 0 Å². The largest absolute Gasteiger partial charge is 0.393 e. The van der Waals surface area contributed by atoms with E-state index in [1.807, 2.05) is 19.4 Å². The molecule has 1 aromatic rings. The molecule has 0 aliphatic heterocycles. The Morgan fingerprint density at radius 1 is 1.73 bits per heavy atom. The molecule has 1 unspecified atom stereocenters. The van der Waals surface area contributed by atoms with E-state index in [0.29, 0.717) is 18.0 Å². The number of thiazole rings is 1. The number of ether oxygens (including phenoxy) is 1. The molecule has 0 spiro atoms. The zero-order valence-electron chi connectivity index (χ0n) is 9.03. The van der Waals surface area contributed by atoms with Crippen molar-refractivity contribution in [3.8, 4) is 0 Å². The zero-order valence-corrected chi connectivity index (χ0v) is 10.7. The molecule has 3 nitrogen and oxygen atoms in total. The molecule has 0 radical (unpaired) electrons. The van der Waals surface area contributed by atoms with Gasteiger partial charge in [-0.3, -0.25) is 0 Å². The van der Waals surface area contributed by atoms with Gasteiger partial charge in [-0.2, -0.15) is 0 Å². The number of nitrogens with two attached hydrogens (primary N) is 1. The van der Waals surface area contributed by atoms with Crippen LogP contribution in [0.25, 0.3) is 0 Å². The average molecular weight is 244 g/mol. The highest BCUT2D eigenvalue weighted by molar-refractivity contribution is 7.80. The van der Waals surface area contributed by atoms with Crippen molar-refractivity contribution in [3.05, 3.63) is 16.1 Å². The highest BCUT2D eigenvalue weighted by Gasteiger charge is 2.05. The van der Waals surface area contributed by atoms with Gasteiger partial charge in [0.2, 0.25) is 0 Å². The molecule has 1 aromatic heterocycles. The van der Waals surface area contributed by atoms with E-state index in [1.54, 1.807) is 11.3 Å². The Hall–Kier alpha value is -0.520. The Labute approximate surface area is 99.7 Å². The maximum atomic E-state index is 5.59. The van der Waals surface area contributed by atoms with Gasteiger partial charge >= 0.3 is 0 Å². The highest BCUT2D eigenvalue weighted by Crippen LogP contribution is 2.13. The first-order valence-electron chi connectivity index (χ1n) is 4.88. The van der Waals surface area contributed by atoms with Gasteiger partial charge in [-0.05, 0) is 13.8 Å². The number of nitrogens with zero attached hydrogens (tertiary/aromatic N) is 1. The summed E-state index contributed by atoms with van der Waals surface area (Å²) in [5.41, 5.74) is 8.39. The molecule has 0 bridgehead atoms. The van der Waals surface area contributed by atoms with Crippen molar-refractivity contribution in [2.24, 2.45) is 5.73 Å². The minimum absolute atomic E-state index is 0.107. The van der Waals surface area contributed by atoms with Crippen LogP contribution in [0.1, 0.15) is 23.9 Å². The van der Waals surface area contributed by atoms with Gasteiger partial charge in [-0.25, -0.2) is 4.98 Å². The second-order valence-corrected chi connectivity index (χ2v) is 4.93. The smallest absolute Gasteiger partial charge is 0.0797 e. The summed E-state index contributed by atoms with van der Waals surface area (Å²) in [6.45, 7) is 4.70. The first kappa shape index (κ1) is 12.5. The fourth-order valence-corrected chi connectivity index (χ4v) is 2.26. The number of rotatable bonds is 6. The van der Waals surface area contributed by atoms with Crippen LogP contribution in [-0.4, -0.2) is 22.7 Å². The average Bonchev–Trinajstić information content (AvgIpc) is 2.50. The lowest BCUT2D eigenvalue weighted by molar-refractivity contribution is 0.0739. The zero-order chi connectivity index (χ0) is 11.3. The van der Waals surface area contributed by atoms with E-state index in [0.717, 1.165) is 12.1 Å². The van der Waals surface area contributed by atoms with Crippen LogP contribution >= 0.6 is 23.6 Å². The van der Waals surface area contributed by atoms with E-state index < -0.39 is 0 Å². The molecule has 1 heterocycles. The first-order valence-corrected chi connectivity index (χ1v) is 6.17. The van der Waals surface area contributed by atoms with Crippen molar-refractivity contribution >= 4 is 28.5 Å². The molecule has 0 aliphatic rings. The predicted octanol–water partition coefficient (Wildman–Crippen LogP) is 2.08. The number of aryl methyl sites for hydroxylation is 1. The van der Waals surface area contributed by atoms with E-state index in [-0.39, 0.29) is 6.10 Å². The maximum Gasteiger partial charge on any atom is 0.0797 e. The van der Waals surface area contributed by atoms with Gasteiger partial charge in [-0.1, -0.05) is 12.2 Å². The second kappa shape index (κ2) is 6.15. The molecule has 0 aromatic carbocycles. The molecule has 0 fully saturated rings.